The molecule has 1 amide bonds. The summed E-state index contributed by atoms with van der Waals surface area (Å²) in [6, 6.07) is 9.29. The van der Waals surface area contributed by atoms with Gasteiger partial charge in [-0.2, -0.15) is 4.99 Å². The number of nitrogens with one attached hydrogen (secondary N) is 1. The minimum atomic E-state index is -0.362. The highest BCUT2D eigenvalue weighted by Crippen LogP contribution is 2.26. The summed E-state index contributed by atoms with van der Waals surface area (Å²) in [6.45, 7) is 6.36. The summed E-state index contributed by atoms with van der Waals surface area (Å²) in [6.07, 6.45) is 3.14. The molecule has 160 valence electrons. The molecule has 1 N–H and O–H groups in total. The van der Waals surface area contributed by atoms with Crippen molar-refractivity contribution in [1.82, 2.24) is 19.4 Å². The Morgan fingerprint density at radius 3 is 2.97 bits per heavy atom. The first-order chi connectivity index (χ1) is 15.3. The minimum Gasteiger partial charge on any atom is -0.492 e. The van der Waals surface area contributed by atoms with E-state index < -0.39 is 0 Å². The van der Waals surface area contributed by atoms with Crippen molar-refractivity contribution in [3.63, 3.8) is 0 Å². The first-order valence-electron chi connectivity index (χ1n) is 10.5. The van der Waals surface area contributed by atoms with E-state index in [0.29, 0.717) is 24.3 Å². The van der Waals surface area contributed by atoms with Crippen LogP contribution in [0.3, 0.4) is 0 Å². The van der Waals surface area contributed by atoms with E-state index >= 15 is 0 Å². The first kappa shape index (κ1) is 19.7. The lowest BCUT2D eigenvalue weighted by atomic mass is 10.2. The van der Waals surface area contributed by atoms with Gasteiger partial charge in [0.05, 0.1) is 24.3 Å². The van der Waals surface area contributed by atoms with Crippen LogP contribution in [-0.2, 0) is 11.3 Å². The lowest BCUT2D eigenvalue weighted by Gasteiger charge is -2.26. The van der Waals surface area contributed by atoms with E-state index in [9.17, 15) is 4.79 Å². The number of anilines is 1. The Balaban J connectivity index is 1.42. The molecule has 1 aromatic carbocycles. The van der Waals surface area contributed by atoms with Crippen LogP contribution in [0.1, 0.15) is 10.4 Å². The number of morpholine rings is 1. The lowest BCUT2D eigenvalue weighted by molar-refractivity contribution is 0.0322. The van der Waals surface area contributed by atoms with Crippen molar-refractivity contribution in [2.75, 3.05) is 51.3 Å². The fourth-order valence-corrected chi connectivity index (χ4v) is 3.84. The number of fused-ring (bicyclic) bond motifs is 3. The van der Waals surface area contributed by atoms with E-state index in [1.54, 1.807) is 18.3 Å². The van der Waals surface area contributed by atoms with Gasteiger partial charge in [-0.3, -0.25) is 19.2 Å². The second kappa shape index (κ2) is 8.83. The second-order valence-corrected chi connectivity index (χ2v) is 7.48. The molecule has 3 aromatic rings. The van der Waals surface area contributed by atoms with E-state index in [-0.39, 0.29) is 5.91 Å². The molecule has 9 nitrogen and oxygen atoms in total. The van der Waals surface area contributed by atoms with Gasteiger partial charge >= 0.3 is 0 Å². The Kier molecular flexibility index (Phi) is 5.59. The largest absolute Gasteiger partial charge is 0.492 e. The van der Waals surface area contributed by atoms with Gasteiger partial charge in [-0.15, -0.1) is 0 Å². The van der Waals surface area contributed by atoms with Gasteiger partial charge in [0.2, 0.25) is 5.62 Å². The van der Waals surface area contributed by atoms with E-state index in [0.717, 1.165) is 61.9 Å². The number of carbonyl (C=O) groups is 1. The summed E-state index contributed by atoms with van der Waals surface area (Å²) >= 11 is 0. The van der Waals surface area contributed by atoms with Crippen LogP contribution in [-0.4, -0.2) is 71.3 Å². The van der Waals surface area contributed by atoms with Gasteiger partial charge in [0.1, 0.15) is 18.2 Å². The predicted molar refractivity (Wildman–Crippen MR) is 115 cm³/mol. The molecule has 0 bridgehead atoms. The molecule has 0 unspecified atom stereocenters. The van der Waals surface area contributed by atoms with Gasteiger partial charge < -0.3 is 14.8 Å². The van der Waals surface area contributed by atoms with Crippen molar-refractivity contribution >= 4 is 22.6 Å². The van der Waals surface area contributed by atoms with Crippen LogP contribution in [0.5, 0.6) is 5.75 Å². The maximum atomic E-state index is 12.6. The van der Waals surface area contributed by atoms with Crippen molar-refractivity contribution in [3.8, 4) is 5.75 Å². The Morgan fingerprint density at radius 1 is 1.23 bits per heavy atom. The fraction of sp³-hybridized carbons (Fsp3) is 0.364. The van der Waals surface area contributed by atoms with Crippen LogP contribution in [0.25, 0.3) is 10.9 Å². The maximum Gasteiger partial charge on any atom is 0.281 e. The number of rotatable bonds is 5. The summed E-state index contributed by atoms with van der Waals surface area (Å²) in [5.41, 5.74) is 1.55. The van der Waals surface area contributed by atoms with Crippen molar-refractivity contribution in [2.45, 2.75) is 6.54 Å². The van der Waals surface area contributed by atoms with Crippen LogP contribution < -0.4 is 15.7 Å². The summed E-state index contributed by atoms with van der Waals surface area (Å²) in [4.78, 5) is 27.9. The number of amides is 1. The van der Waals surface area contributed by atoms with Crippen molar-refractivity contribution in [1.29, 1.82) is 0 Å². The molecular weight excluding hydrogens is 396 g/mol. The standard InChI is InChI=1S/C22H24N6O3/c29-21(16-2-1-5-23-15-16)26-22-25-19-14-17(31-13-10-27-8-11-30-12-9-27)3-4-18(19)20-24-6-7-28(20)22/h1-5,14-15,24H,6-13H2. The molecule has 0 aliphatic carbocycles. The Morgan fingerprint density at radius 2 is 2.13 bits per heavy atom. The SMILES string of the molecule is O=C(N=c1nc2cc(OCCN3CCOCC3)ccc2c2n1CCN2)c1cccnc1. The Labute approximate surface area is 179 Å². The molecule has 0 radical (unpaired) electrons. The van der Waals surface area contributed by atoms with Crippen LogP contribution in [0, 0.1) is 0 Å². The first-order valence-corrected chi connectivity index (χ1v) is 10.5. The van der Waals surface area contributed by atoms with E-state index in [1.807, 2.05) is 22.8 Å². The van der Waals surface area contributed by atoms with Crippen molar-refractivity contribution in [2.24, 2.45) is 4.99 Å². The van der Waals surface area contributed by atoms with Crippen LogP contribution >= 0.6 is 0 Å². The highest BCUT2D eigenvalue weighted by Gasteiger charge is 2.17. The van der Waals surface area contributed by atoms with Gasteiger partial charge in [0.25, 0.3) is 5.91 Å². The average Bonchev–Trinajstić information content (AvgIpc) is 3.31. The smallest absolute Gasteiger partial charge is 0.281 e. The molecule has 2 aliphatic rings. The third kappa shape index (κ3) is 4.28. The third-order valence-corrected chi connectivity index (χ3v) is 5.47. The fourth-order valence-electron chi connectivity index (χ4n) is 3.84. The molecule has 0 atom stereocenters. The number of hydrogen-bond acceptors (Lipinski definition) is 7. The van der Waals surface area contributed by atoms with E-state index in [1.165, 1.54) is 6.20 Å². The molecule has 9 heteroatoms. The summed E-state index contributed by atoms with van der Waals surface area (Å²) in [7, 11) is 0. The number of ether oxygens (including phenoxy) is 2. The zero-order chi connectivity index (χ0) is 21.0. The van der Waals surface area contributed by atoms with Crippen LogP contribution in [0.2, 0.25) is 0 Å². The molecule has 0 saturated carbocycles. The van der Waals surface area contributed by atoms with Gasteiger partial charge in [-0.25, -0.2) is 4.98 Å². The number of pyridine rings is 1. The van der Waals surface area contributed by atoms with E-state index in [2.05, 4.69) is 25.2 Å². The summed E-state index contributed by atoms with van der Waals surface area (Å²) < 4.78 is 13.3. The van der Waals surface area contributed by atoms with Gasteiger partial charge in [-0.1, -0.05) is 0 Å². The number of carbonyl (C=O) groups excluding carboxylic acids is 1. The lowest BCUT2D eigenvalue weighted by Crippen LogP contribution is -2.38. The minimum absolute atomic E-state index is 0.362. The quantitative estimate of drug-likeness (QED) is 0.665. The molecule has 1 fully saturated rings. The molecule has 2 aliphatic heterocycles. The monoisotopic (exact) mass is 420 g/mol. The molecule has 4 heterocycles. The van der Waals surface area contributed by atoms with Gasteiger partial charge in [-0.05, 0) is 24.3 Å². The molecule has 5 rings (SSSR count). The van der Waals surface area contributed by atoms with E-state index in [4.69, 9.17) is 9.47 Å². The summed E-state index contributed by atoms with van der Waals surface area (Å²) in [5.74, 6) is 1.31. The predicted octanol–water partition coefficient (Wildman–Crippen LogP) is 1.31. The van der Waals surface area contributed by atoms with Gasteiger partial charge in [0.15, 0.2) is 0 Å². The normalized spacial score (nSPS) is 16.8. The van der Waals surface area contributed by atoms with Gasteiger partial charge in [0, 0.05) is 56.6 Å². The Bertz CT molecular complexity index is 1160. The molecule has 1 saturated heterocycles. The maximum absolute atomic E-state index is 12.6. The molecule has 2 aromatic heterocycles. The van der Waals surface area contributed by atoms with Crippen LogP contribution in [0.15, 0.2) is 47.7 Å². The van der Waals surface area contributed by atoms with Crippen molar-refractivity contribution in [3.05, 3.63) is 53.9 Å². The zero-order valence-corrected chi connectivity index (χ0v) is 17.2. The summed E-state index contributed by atoms with van der Waals surface area (Å²) in [5, 5.41) is 4.36. The average molecular weight is 420 g/mol. The topological polar surface area (TPSA) is 93.9 Å². The Hall–Kier alpha value is -3.30. The second-order valence-electron chi connectivity index (χ2n) is 7.48. The molecule has 0 spiro atoms. The number of hydrogen-bond donors (Lipinski definition) is 1. The zero-order valence-electron chi connectivity index (χ0n) is 17.2. The highest BCUT2D eigenvalue weighted by atomic mass is 16.5. The molecular formula is C22H24N6O3. The number of benzene rings is 1. The van der Waals surface area contributed by atoms with Crippen LogP contribution in [0.4, 0.5) is 5.82 Å². The highest BCUT2D eigenvalue weighted by molar-refractivity contribution is 5.95. The number of nitrogens with zero attached hydrogens (tertiary/aromatic N) is 5. The third-order valence-electron chi connectivity index (χ3n) is 5.47. The van der Waals surface area contributed by atoms with Crippen molar-refractivity contribution < 1.29 is 14.3 Å². The number of aromatic nitrogens is 3. The molecule has 31 heavy (non-hydrogen) atoms.